The maximum absolute atomic E-state index is 13.5. The Hall–Kier alpha value is -3.72. The Balaban J connectivity index is 1.71. The van der Waals surface area contributed by atoms with Gasteiger partial charge in [-0.1, -0.05) is 55.8 Å². The van der Waals surface area contributed by atoms with E-state index in [0.717, 1.165) is 5.56 Å². The molecule has 0 radical (unpaired) electrons. The Morgan fingerprint density at radius 1 is 1.14 bits per heavy atom. The number of nitrogens with zero attached hydrogens (tertiary/aromatic N) is 2. The molecule has 1 aliphatic rings. The fraction of sp³-hybridized carbons (Fsp3) is 0.320. The van der Waals surface area contributed by atoms with E-state index in [1.807, 2.05) is 44.2 Å². The number of halogens is 1. The second kappa shape index (κ2) is 10.3. The monoisotopic (exact) mass is 498 g/mol. The standard InChI is InChI=1S/C25H27ClN4O5/c1-15(2)13-29(20(31)12-17-10-18(26)22-19(11-17)34-8-9-35-22)21-23(27)30(25(33)28-24(21)32)14-16-6-4-3-5-7-16/h3-7,10-11,15H,8-9,12-14,27H2,1-2H3,(H,28,32,33). The van der Waals surface area contributed by atoms with Gasteiger partial charge in [0.15, 0.2) is 17.2 Å². The van der Waals surface area contributed by atoms with Crippen LogP contribution in [-0.2, 0) is 17.8 Å². The van der Waals surface area contributed by atoms with Crippen LogP contribution < -0.4 is 31.4 Å². The molecule has 0 saturated carbocycles. The maximum Gasteiger partial charge on any atom is 0.330 e. The fourth-order valence-electron chi connectivity index (χ4n) is 3.98. The van der Waals surface area contributed by atoms with E-state index >= 15 is 0 Å². The van der Waals surface area contributed by atoms with E-state index in [9.17, 15) is 14.4 Å². The number of hydrogen-bond donors (Lipinski definition) is 2. The van der Waals surface area contributed by atoms with Gasteiger partial charge in [-0.3, -0.25) is 19.1 Å². The third kappa shape index (κ3) is 5.35. The molecular formula is C25H27ClN4O5. The Kier molecular flexibility index (Phi) is 7.16. The maximum atomic E-state index is 13.5. The number of nitrogens with two attached hydrogens (primary N) is 1. The number of ether oxygens (including phenoxy) is 2. The number of aromatic nitrogens is 2. The number of rotatable bonds is 7. The fourth-order valence-corrected chi connectivity index (χ4v) is 4.27. The molecule has 3 N–H and O–H groups in total. The van der Waals surface area contributed by atoms with Gasteiger partial charge in [-0.25, -0.2) is 4.79 Å². The number of amides is 1. The number of carbonyl (C=O) groups excluding carboxylic acids is 1. The lowest BCUT2D eigenvalue weighted by Gasteiger charge is -2.26. The van der Waals surface area contributed by atoms with Gasteiger partial charge in [0.05, 0.1) is 18.0 Å². The molecule has 0 spiro atoms. The van der Waals surface area contributed by atoms with Crippen molar-refractivity contribution >= 4 is 29.0 Å². The van der Waals surface area contributed by atoms with E-state index in [4.69, 9.17) is 26.8 Å². The van der Waals surface area contributed by atoms with E-state index in [2.05, 4.69) is 4.98 Å². The average molecular weight is 499 g/mol. The molecule has 184 valence electrons. The SMILES string of the molecule is CC(C)CN(C(=O)Cc1cc(Cl)c2c(c1)OCCO2)c1c(N)n(Cc2ccccc2)c(=O)[nH]c1=O. The Bertz CT molecular complexity index is 1350. The lowest BCUT2D eigenvalue weighted by Crippen LogP contribution is -2.43. The predicted octanol–water partition coefficient (Wildman–Crippen LogP) is 2.82. The number of anilines is 2. The first kappa shape index (κ1) is 24.4. The Morgan fingerprint density at radius 2 is 1.86 bits per heavy atom. The van der Waals surface area contributed by atoms with Gasteiger partial charge < -0.3 is 20.1 Å². The Morgan fingerprint density at radius 3 is 2.57 bits per heavy atom. The van der Waals surface area contributed by atoms with E-state index in [1.54, 1.807) is 12.1 Å². The molecule has 0 fully saturated rings. The first-order valence-corrected chi connectivity index (χ1v) is 11.7. The van der Waals surface area contributed by atoms with E-state index in [0.29, 0.717) is 35.3 Å². The van der Waals surface area contributed by atoms with Crippen LogP contribution in [0.15, 0.2) is 52.1 Å². The second-order valence-corrected chi connectivity index (χ2v) is 9.15. The van der Waals surface area contributed by atoms with Crippen molar-refractivity contribution in [2.24, 2.45) is 5.92 Å². The van der Waals surface area contributed by atoms with E-state index in [1.165, 1.54) is 9.47 Å². The topological polar surface area (TPSA) is 120 Å². The minimum absolute atomic E-state index is 0.0242. The summed E-state index contributed by atoms with van der Waals surface area (Å²) >= 11 is 6.33. The molecule has 9 nitrogen and oxygen atoms in total. The van der Waals surface area contributed by atoms with Crippen LogP contribution in [0.2, 0.25) is 5.02 Å². The third-order valence-electron chi connectivity index (χ3n) is 5.53. The minimum Gasteiger partial charge on any atom is -0.486 e. The van der Waals surface area contributed by atoms with Crippen LogP contribution in [0.4, 0.5) is 11.5 Å². The molecule has 1 aliphatic heterocycles. The molecule has 0 atom stereocenters. The van der Waals surface area contributed by atoms with Crippen molar-refractivity contribution in [1.82, 2.24) is 9.55 Å². The summed E-state index contributed by atoms with van der Waals surface area (Å²) in [7, 11) is 0. The zero-order valence-corrected chi connectivity index (χ0v) is 20.3. The molecule has 2 aromatic carbocycles. The van der Waals surface area contributed by atoms with Gasteiger partial charge in [0.2, 0.25) is 5.91 Å². The second-order valence-electron chi connectivity index (χ2n) is 8.74. The quantitative estimate of drug-likeness (QED) is 0.517. The molecule has 1 aromatic heterocycles. The summed E-state index contributed by atoms with van der Waals surface area (Å²) in [5.41, 5.74) is 6.36. The van der Waals surface area contributed by atoms with Crippen molar-refractivity contribution in [2.75, 3.05) is 30.4 Å². The number of nitrogens with one attached hydrogen (secondary N) is 1. The van der Waals surface area contributed by atoms with Crippen molar-refractivity contribution in [1.29, 1.82) is 0 Å². The highest BCUT2D eigenvalue weighted by molar-refractivity contribution is 6.32. The highest BCUT2D eigenvalue weighted by atomic mass is 35.5. The number of aromatic amines is 1. The van der Waals surface area contributed by atoms with Gasteiger partial charge in [0.1, 0.15) is 19.0 Å². The molecule has 0 saturated heterocycles. The summed E-state index contributed by atoms with van der Waals surface area (Å²) in [5.74, 6) is 0.499. The van der Waals surface area contributed by atoms with Gasteiger partial charge in [-0.15, -0.1) is 0 Å². The molecular weight excluding hydrogens is 472 g/mol. The molecule has 0 unspecified atom stereocenters. The van der Waals surface area contributed by atoms with Crippen molar-refractivity contribution in [3.8, 4) is 11.5 Å². The number of fused-ring (bicyclic) bond motifs is 1. The summed E-state index contributed by atoms with van der Waals surface area (Å²) in [6.45, 7) is 5.00. The first-order chi connectivity index (χ1) is 16.7. The normalized spacial score (nSPS) is 12.6. The van der Waals surface area contributed by atoms with Gasteiger partial charge >= 0.3 is 5.69 Å². The smallest absolute Gasteiger partial charge is 0.330 e. The number of hydrogen-bond acceptors (Lipinski definition) is 6. The zero-order chi connectivity index (χ0) is 25.1. The zero-order valence-electron chi connectivity index (χ0n) is 19.5. The molecule has 10 heteroatoms. The molecule has 0 aliphatic carbocycles. The number of carbonyl (C=O) groups is 1. The van der Waals surface area contributed by atoms with Crippen LogP contribution in [0.1, 0.15) is 25.0 Å². The molecule has 0 bridgehead atoms. The van der Waals surface area contributed by atoms with E-state index in [-0.39, 0.29) is 42.8 Å². The van der Waals surface area contributed by atoms with Crippen LogP contribution >= 0.6 is 11.6 Å². The molecule has 2 heterocycles. The first-order valence-electron chi connectivity index (χ1n) is 11.3. The molecule has 35 heavy (non-hydrogen) atoms. The van der Waals surface area contributed by atoms with Crippen LogP contribution in [0.5, 0.6) is 11.5 Å². The van der Waals surface area contributed by atoms with Gasteiger partial charge in [0, 0.05) is 6.54 Å². The summed E-state index contributed by atoms with van der Waals surface area (Å²) in [6.07, 6.45) is -0.0558. The van der Waals surface area contributed by atoms with Crippen molar-refractivity contribution in [3.63, 3.8) is 0 Å². The third-order valence-corrected chi connectivity index (χ3v) is 5.81. The van der Waals surface area contributed by atoms with Crippen molar-refractivity contribution in [2.45, 2.75) is 26.8 Å². The Labute approximate surface area is 207 Å². The lowest BCUT2D eigenvalue weighted by molar-refractivity contribution is -0.118. The number of nitrogen functional groups attached to an aromatic ring is 1. The van der Waals surface area contributed by atoms with Gasteiger partial charge in [-0.05, 0) is 29.2 Å². The summed E-state index contributed by atoms with van der Waals surface area (Å²) < 4.78 is 12.4. The minimum atomic E-state index is -0.717. The highest BCUT2D eigenvalue weighted by Gasteiger charge is 2.26. The summed E-state index contributed by atoms with van der Waals surface area (Å²) in [6, 6.07) is 12.6. The van der Waals surface area contributed by atoms with Crippen LogP contribution in [0.3, 0.4) is 0 Å². The average Bonchev–Trinajstić information content (AvgIpc) is 2.81. The summed E-state index contributed by atoms with van der Waals surface area (Å²) in [4.78, 5) is 42.6. The van der Waals surface area contributed by atoms with Crippen molar-refractivity contribution < 1.29 is 14.3 Å². The number of benzene rings is 2. The largest absolute Gasteiger partial charge is 0.486 e. The van der Waals surface area contributed by atoms with Crippen molar-refractivity contribution in [3.05, 3.63) is 79.5 Å². The predicted molar refractivity (Wildman–Crippen MR) is 135 cm³/mol. The molecule has 1 amide bonds. The van der Waals surface area contributed by atoms with E-state index < -0.39 is 11.2 Å². The molecule has 3 aromatic rings. The number of H-pyrrole nitrogens is 1. The van der Waals surface area contributed by atoms with Crippen LogP contribution in [-0.4, -0.2) is 35.2 Å². The van der Waals surface area contributed by atoms with Gasteiger partial charge in [-0.2, -0.15) is 0 Å². The summed E-state index contributed by atoms with van der Waals surface area (Å²) in [5, 5.41) is 0.342. The lowest BCUT2D eigenvalue weighted by atomic mass is 10.1. The molecule has 4 rings (SSSR count). The highest BCUT2D eigenvalue weighted by Crippen LogP contribution is 2.38. The van der Waals surface area contributed by atoms with Crippen LogP contribution in [0, 0.1) is 5.92 Å². The van der Waals surface area contributed by atoms with Crippen LogP contribution in [0.25, 0.3) is 0 Å². The van der Waals surface area contributed by atoms with Gasteiger partial charge in [0.25, 0.3) is 5.56 Å².